The molecule has 2 aromatic carbocycles. The second-order valence-electron chi connectivity index (χ2n) is 9.25. The average Bonchev–Trinajstić information content (AvgIpc) is 2.73. The number of sulfonamides is 1. The summed E-state index contributed by atoms with van der Waals surface area (Å²) >= 11 is 0. The Hall–Kier alpha value is -2.06. The summed E-state index contributed by atoms with van der Waals surface area (Å²) < 4.78 is 57.4. The number of rotatable bonds is 10. The second-order valence-corrected chi connectivity index (χ2v) is 12.8. The highest BCUT2D eigenvalue weighted by Crippen LogP contribution is 2.39. The predicted molar refractivity (Wildman–Crippen MR) is 130 cm³/mol. The fraction of sp³-hybridized carbons (Fsp3) is 0.500. The van der Waals surface area contributed by atoms with Gasteiger partial charge in [-0.2, -0.15) is 8.42 Å². The van der Waals surface area contributed by atoms with Gasteiger partial charge in [-0.15, -0.1) is 0 Å². The summed E-state index contributed by atoms with van der Waals surface area (Å²) in [6, 6.07) is 11.2. The summed E-state index contributed by atoms with van der Waals surface area (Å²) in [5.41, 5.74) is 1.94. The molecule has 0 aliphatic carbocycles. The van der Waals surface area contributed by atoms with Gasteiger partial charge in [0.25, 0.3) is 0 Å². The number of hydrogen-bond acceptors (Lipinski definition) is 5. The Labute approximate surface area is 193 Å². The fourth-order valence-electron chi connectivity index (χ4n) is 3.05. The maximum absolute atomic E-state index is 13.0. The van der Waals surface area contributed by atoms with Gasteiger partial charge in [0.2, 0.25) is 10.0 Å². The minimum atomic E-state index is -4.10. The van der Waals surface area contributed by atoms with Crippen molar-refractivity contribution >= 4 is 25.8 Å². The van der Waals surface area contributed by atoms with Crippen LogP contribution in [-0.2, 0) is 31.0 Å². The van der Waals surface area contributed by atoms with Crippen molar-refractivity contribution in [3.05, 3.63) is 53.6 Å². The van der Waals surface area contributed by atoms with E-state index in [-0.39, 0.29) is 21.5 Å². The lowest BCUT2D eigenvalue weighted by Crippen LogP contribution is -2.22. The van der Waals surface area contributed by atoms with Gasteiger partial charge < -0.3 is 4.18 Å². The zero-order valence-corrected chi connectivity index (χ0v) is 21.7. The summed E-state index contributed by atoms with van der Waals surface area (Å²) in [7, 11) is -7.55. The van der Waals surface area contributed by atoms with E-state index in [1.807, 2.05) is 6.07 Å². The molecule has 0 radical (unpaired) electrons. The molecule has 2 aromatic rings. The summed E-state index contributed by atoms with van der Waals surface area (Å²) in [6.07, 6.45) is 1.76. The van der Waals surface area contributed by atoms with Crippen molar-refractivity contribution in [3.8, 4) is 5.75 Å². The van der Waals surface area contributed by atoms with E-state index in [0.29, 0.717) is 11.4 Å². The smallest absolute Gasteiger partial charge is 0.339 e. The average molecular weight is 482 g/mol. The maximum atomic E-state index is 13.0. The highest BCUT2D eigenvalue weighted by Gasteiger charge is 2.29. The van der Waals surface area contributed by atoms with E-state index in [9.17, 15) is 16.8 Å². The van der Waals surface area contributed by atoms with Crippen LogP contribution in [0.5, 0.6) is 5.75 Å². The molecule has 0 aliphatic heterocycles. The van der Waals surface area contributed by atoms with E-state index in [4.69, 9.17) is 4.18 Å². The summed E-state index contributed by atoms with van der Waals surface area (Å²) in [4.78, 5) is -0.0461. The zero-order valence-electron chi connectivity index (χ0n) is 20.0. The first-order chi connectivity index (χ1) is 14.7. The molecule has 0 bridgehead atoms. The van der Waals surface area contributed by atoms with Crippen molar-refractivity contribution in [3.63, 3.8) is 0 Å². The van der Waals surface area contributed by atoms with Crippen molar-refractivity contribution < 1.29 is 21.0 Å². The van der Waals surface area contributed by atoms with E-state index < -0.39 is 20.1 Å². The molecule has 2 rings (SSSR count). The molecule has 0 amide bonds. The Morgan fingerprint density at radius 3 is 1.88 bits per heavy atom. The van der Waals surface area contributed by atoms with Gasteiger partial charge in [0, 0.05) is 11.3 Å². The normalized spacial score (nSPS) is 13.1. The summed E-state index contributed by atoms with van der Waals surface area (Å²) in [5.74, 6) is 0.236. The lowest BCUT2D eigenvalue weighted by atomic mass is 9.76. The third-order valence-corrected chi connectivity index (χ3v) is 8.81. The number of benzene rings is 2. The topological polar surface area (TPSA) is 89.5 Å². The van der Waals surface area contributed by atoms with Gasteiger partial charge in [-0.1, -0.05) is 53.7 Å². The lowest BCUT2D eigenvalue weighted by molar-refractivity contribution is 0.448. The molecular weight excluding hydrogens is 446 g/mol. The van der Waals surface area contributed by atoms with Gasteiger partial charge >= 0.3 is 10.1 Å². The van der Waals surface area contributed by atoms with Crippen LogP contribution in [-0.4, -0.2) is 22.6 Å². The Bertz CT molecular complexity index is 1150. The fourth-order valence-corrected chi connectivity index (χ4v) is 4.64. The molecule has 32 heavy (non-hydrogen) atoms. The van der Waals surface area contributed by atoms with Crippen molar-refractivity contribution in [2.24, 2.45) is 0 Å². The molecule has 178 valence electrons. The molecule has 0 unspecified atom stereocenters. The minimum Gasteiger partial charge on any atom is -0.379 e. The van der Waals surface area contributed by atoms with Gasteiger partial charge in [-0.3, -0.25) is 4.72 Å². The van der Waals surface area contributed by atoms with Crippen molar-refractivity contribution in [1.29, 1.82) is 0 Å². The molecule has 0 aromatic heterocycles. The van der Waals surface area contributed by atoms with Crippen LogP contribution in [0.4, 0.5) is 5.69 Å². The van der Waals surface area contributed by atoms with Gasteiger partial charge in [0.15, 0.2) is 0 Å². The molecular formula is C24H35NO5S2. The zero-order chi connectivity index (χ0) is 24.4. The maximum Gasteiger partial charge on any atom is 0.339 e. The quantitative estimate of drug-likeness (QED) is 0.447. The van der Waals surface area contributed by atoms with Gasteiger partial charge in [-0.25, -0.2) is 8.42 Å². The first kappa shape index (κ1) is 26.2. The van der Waals surface area contributed by atoms with Crippen LogP contribution >= 0.6 is 0 Å². The van der Waals surface area contributed by atoms with Crippen LogP contribution in [0.3, 0.4) is 0 Å². The van der Waals surface area contributed by atoms with Crippen molar-refractivity contribution in [2.45, 2.75) is 77.0 Å². The van der Waals surface area contributed by atoms with Crippen LogP contribution in [0.2, 0.25) is 0 Å². The Kier molecular flexibility index (Phi) is 7.72. The van der Waals surface area contributed by atoms with E-state index in [0.717, 1.165) is 24.0 Å². The molecule has 0 spiro atoms. The third kappa shape index (κ3) is 6.04. The predicted octanol–water partition coefficient (Wildman–Crippen LogP) is 5.59. The Balaban J connectivity index is 2.44. The molecule has 1 N–H and O–H groups in total. The molecule has 0 saturated carbocycles. The molecule has 6 nitrogen and oxygen atoms in total. The Morgan fingerprint density at radius 2 is 1.38 bits per heavy atom. The summed E-state index contributed by atoms with van der Waals surface area (Å²) in [5, 5.41) is 0. The molecule has 0 fully saturated rings. The van der Waals surface area contributed by atoms with E-state index in [1.165, 1.54) is 31.2 Å². The molecule has 0 atom stereocenters. The first-order valence-electron chi connectivity index (χ1n) is 10.9. The van der Waals surface area contributed by atoms with Crippen LogP contribution in [0, 0.1) is 0 Å². The molecule has 8 heteroatoms. The molecule has 0 heterocycles. The van der Waals surface area contributed by atoms with Crippen molar-refractivity contribution in [1.82, 2.24) is 0 Å². The number of hydrogen-bond donors (Lipinski definition) is 1. The SMILES string of the molecule is CCC(C)(C)c1ccc(OS(=O)(=O)c2ccc(NS(=O)(=O)CC)cc2)c(C(C)(C)CC)c1. The summed E-state index contributed by atoms with van der Waals surface area (Å²) in [6.45, 7) is 14.2. The molecule has 0 saturated heterocycles. The monoisotopic (exact) mass is 481 g/mol. The van der Waals surface area contributed by atoms with Crippen LogP contribution < -0.4 is 8.91 Å². The largest absolute Gasteiger partial charge is 0.379 e. The number of nitrogens with one attached hydrogen (secondary N) is 1. The highest BCUT2D eigenvalue weighted by atomic mass is 32.2. The van der Waals surface area contributed by atoms with Crippen LogP contribution in [0.15, 0.2) is 47.4 Å². The van der Waals surface area contributed by atoms with Crippen LogP contribution in [0.25, 0.3) is 0 Å². The Morgan fingerprint density at radius 1 is 0.812 bits per heavy atom. The van der Waals surface area contributed by atoms with Gasteiger partial charge in [-0.05, 0) is 66.5 Å². The third-order valence-electron chi connectivity index (χ3n) is 6.25. The van der Waals surface area contributed by atoms with Crippen molar-refractivity contribution in [2.75, 3.05) is 10.5 Å². The van der Waals surface area contributed by atoms with E-state index in [1.54, 1.807) is 6.07 Å². The van der Waals surface area contributed by atoms with Crippen LogP contribution in [0.1, 0.15) is 72.4 Å². The van der Waals surface area contributed by atoms with Gasteiger partial charge in [0.1, 0.15) is 10.6 Å². The lowest BCUT2D eigenvalue weighted by Gasteiger charge is -2.30. The number of anilines is 1. The standard InChI is InChI=1S/C24H35NO5S2/c1-8-23(4,5)18-11-16-22(21(17-18)24(6,7)9-2)30-32(28,29)20-14-12-19(13-15-20)25-31(26,27)10-3/h11-17,25H,8-10H2,1-7H3. The minimum absolute atomic E-state index is 0.0440. The first-order valence-corrected chi connectivity index (χ1v) is 13.9. The highest BCUT2D eigenvalue weighted by molar-refractivity contribution is 7.92. The second kappa shape index (κ2) is 9.43. The molecule has 0 aliphatic rings. The van der Waals surface area contributed by atoms with E-state index in [2.05, 4.69) is 52.3 Å². The van der Waals surface area contributed by atoms with E-state index >= 15 is 0 Å². The van der Waals surface area contributed by atoms with Gasteiger partial charge in [0.05, 0.1) is 5.75 Å².